The Hall–Kier alpha value is -2.05. The van der Waals surface area contributed by atoms with Gasteiger partial charge in [-0.15, -0.1) is 0 Å². The standard InChI is InChI=1S/C18H18FN3OS/c19-15-6-1-2-8-17(15)24(23)22-12-13(11-14-5-3-9-20-14)18-16(22)7-4-10-21-18/h1-2,4,6-8,10,12,14,20H,3,5,9,11H2. The lowest BCUT2D eigenvalue weighted by atomic mass is 10.1. The third-order valence-corrected chi connectivity index (χ3v) is 5.80. The van der Waals surface area contributed by atoms with E-state index in [-0.39, 0.29) is 4.90 Å². The highest BCUT2D eigenvalue weighted by Crippen LogP contribution is 2.25. The van der Waals surface area contributed by atoms with Gasteiger partial charge in [-0.25, -0.2) is 8.60 Å². The zero-order chi connectivity index (χ0) is 16.5. The molecule has 0 radical (unpaired) electrons. The molecule has 0 spiro atoms. The average molecular weight is 343 g/mol. The van der Waals surface area contributed by atoms with Crippen molar-refractivity contribution in [3.05, 3.63) is 60.2 Å². The summed E-state index contributed by atoms with van der Waals surface area (Å²) in [4.78, 5) is 4.65. The quantitative estimate of drug-likeness (QED) is 0.792. The van der Waals surface area contributed by atoms with E-state index in [4.69, 9.17) is 0 Å². The third kappa shape index (κ3) is 2.76. The molecule has 2 aromatic heterocycles. The minimum absolute atomic E-state index is 0.184. The Morgan fingerprint density at radius 1 is 1.29 bits per heavy atom. The van der Waals surface area contributed by atoms with E-state index >= 15 is 0 Å². The predicted molar refractivity (Wildman–Crippen MR) is 92.7 cm³/mol. The second kappa shape index (κ2) is 6.45. The van der Waals surface area contributed by atoms with Crippen LogP contribution in [0.2, 0.25) is 0 Å². The van der Waals surface area contributed by atoms with Crippen molar-refractivity contribution in [3.8, 4) is 0 Å². The van der Waals surface area contributed by atoms with Crippen molar-refractivity contribution in [1.82, 2.24) is 14.3 Å². The largest absolute Gasteiger partial charge is 0.314 e. The van der Waals surface area contributed by atoms with Gasteiger partial charge in [0.1, 0.15) is 5.82 Å². The van der Waals surface area contributed by atoms with Crippen LogP contribution in [0.15, 0.2) is 53.7 Å². The van der Waals surface area contributed by atoms with E-state index in [1.54, 1.807) is 28.4 Å². The van der Waals surface area contributed by atoms with Crippen LogP contribution in [-0.2, 0) is 17.4 Å². The number of rotatable bonds is 4. The molecule has 1 fully saturated rings. The highest BCUT2D eigenvalue weighted by atomic mass is 32.2. The van der Waals surface area contributed by atoms with Crippen molar-refractivity contribution < 1.29 is 8.60 Å². The lowest BCUT2D eigenvalue weighted by Gasteiger charge is -2.08. The Balaban J connectivity index is 1.78. The van der Waals surface area contributed by atoms with Crippen molar-refractivity contribution >= 4 is 22.0 Å². The van der Waals surface area contributed by atoms with E-state index in [9.17, 15) is 8.60 Å². The Kier molecular flexibility index (Phi) is 4.16. The second-order valence-corrected chi connectivity index (χ2v) is 7.36. The number of aromatic nitrogens is 2. The molecule has 1 N–H and O–H groups in total. The Morgan fingerprint density at radius 3 is 2.96 bits per heavy atom. The van der Waals surface area contributed by atoms with Gasteiger partial charge in [-0.2, -0.15) is 0 Å². The molecule has 24 heavy (non-hydrogen) atoms. The molecule has 1 aliphatic rings. The van der Waals surface area contributed by atoms with Crippen molar-refractivity contribution in [1.29, 1.82) is 0 Å². The van der Waals surface area contributed by atoms with Crippen molar-refractivity contribution in [2.45, 2.75) is 30.2 Å². The highest BCUT2D eigenvalue weighted by molar-refractivity contribution is 7.83. The maximum Gasteiger partial charge on any atom is 0.160 e. The molecule has 3 heterocycles. The number of nitrogens with one attached hydrogen (secondary N) is 1. The summed E-state index contributed by atoms with van der Waals surface area (Å²) in [6, 6.07) is 10.3. The van der Waals surface area contributed by atoms with Gasteiger partial charge < -0.3 is 5.32 Å². The summed E-state index contributed by atoms with van der Waals surface area (Å²) in [5.74, 6) is -0.458. The Labute approximate surface area is 142 Å². The predicted octanol–water partition coefficient (Wildman–Crippen LogP) is 3.04. The van der Waals surface area contributed by atoms with E-state index in [0.29, 0.717) is 6.04 Å². The van der Waals surface area contributed by atoms with E-state index in [2.05, 4.69) is 10.3 Å². The molecule has 6 heteroatoms. The van der Waals surface area contributed by atoms with E-state index in [0.717, 1.165) is 36.0 Å². The first-order valence-electron chi connectivity index (χ1n) is 8.09. The SMILES string of the molecule is O=S(c1ccccc1F)n1cc(CC2CCCN2)c2ncccc21. The average Bonchev–Trinajstić information content (AvgIpc) is 3.24. The molecular formula is C18H18FN3OS. The molecule has 0 saturated carbocycles. The normalized spacial score (nSPS) is 19.0. The minimum Gasteiger partial charge on any atom is -0.314 e. The first-order valence-corrected chi connectivity index (χ1v) is 9.20. The van der Waals surface area contributed by atoms with Crippen molar-refractivity contribution in [3.63, 3.8) is 0 Å². The molecule has 1 aliphatic heterocycles. The number of fused-ring (bicyclic) bond motifs is 1. The fourth-order valence-electron chi connectivity index (χ4n) is 3.27. The van der Waals surface area contributed by atoms with E-state index in [1.165, 1.54) is 12.5 Å². The smallest absolute Gasteiger partial charge is 0.160 e. The summed E-state index contributed by atoms with van der Waals surface area (Å²) in [7, 11) is -1.63. The van der Waals surface area contributed by atoms with Gasteiger partial charge in [-0.05, 0) is 55.6 Å². The molecule has 3 aromatic rings. The fourth-order valence-corrected chi connectivity index (χ4v) is 4.46. The van der Waals surface area contributed by atoms with Gasteiger partial charge in [0.25, 0.3) is 0 Å². The van der Waals surface area contributed by atoms with Crippen LogP contribution in [0, 0.1) is 5.82 Å². The maximum absolute atomic E-state index is 14.0. The molecule has 0 aliphatic carbocycles. The van der Waals surface area contributed by atoms with Crippen LogP contribution in [0.25, 0.3) is 11.0 Å². The summed E-state index contributed by atoms with van der Waals surface area (Å²) < 4.78 is 28.6. The molecule has 2 atom stereocenters. The molecule has 2 unspecified atom stereocenters. The molecule has 1 saturated heterocycles. The number of nitrogens with zero attached hydrogens (tertiary/aromatic N) is 2. The number of halogens is 1. The zero-order valence-electron chi connectivity index (χ0n) is 13.1. The lowest BCUT2D eigenvalue weighted by Crippen LogP contribution is -2.23. The number of hydrogen-bond acceptors (Lipinski definition) is 3. The molecule has 124 valence electrons. The monoisotopic (exact) mass is 343 g/mol. The van der Waals surface area contributed by atoms with Gasteiger partial charge in [-0.3, -0.25) is 8.96 Å². The Morgan fingerprint density at radius 2 is 2.17 bits per heavy atom. The first kappa shape index (κ1) is 15.5. The van der Waals surface area contributed by atoms with Gasteiger partial charge in [0, 0.05) is 18.4 Å². The van der Waals surface area contributed by atoms with Gasteiger partial charge in [0.15, 0.2) is 11.0 Å². The second-order valence-electron chi connectivity index (χ2n) is 6.03. The minimum atomic E-state index is -1.63. The molecule has 4 rings (SSSR count). The topological polar surface area (TPSA) is 46.9 Å². The number of hydrogen-bond donors (Lipinski definition) is 1. The van der Waals surface area contributed by atoms with Crippen LogP contribution in [0.4, 0.5) is 4.39 Å². The van der Waals surface area contributed by atoms with Crippen LogP contribution in [-0.4, -0.2) is 25.8 Å². The maximum atomic E-state index is 14.0. The van der Waals surface area contributed by atoms with Crippen LogP contribution >= 0.6 is 0 Å². The number of pyridine rings is 1. The summed E-state index contributed by atoms with van der Waals surface area (Å²) in [5, 5.41) is 3.48. The summed E-state index contributed by atoms with van der Waals surface area (Å²) >= 11 is 0. The molecule has 0 bridgehead atoms. The Bertz CT molecular complexity index is 902. The van der Waals surface area contributed by atoms with Crippen LogP contribution in [0.5, 0.6) is 0 Å². The number of benzene rings is 1. The molecule has 0 amide bonds. The molecule has 1 aromatic carbocycles. The third-order valence-electron chi connectivity index (χ3n) is 4.43. The van der Waals surface area contributed by atoms with Gasteiger partial charge in [-0.1, -0.05) is 12.1 Å². The van der Waals surface area contributed by atoms with Gasteiger partial charge in [0.2, 0.25) is 0 Å². The van der Waals surface area contributed by atoms with E-state index < -0.39 is 16.8 Å². The van der Waals surface area contributed by atoms with Crippen LogP contribution in [0.1, 0.15) is 18.4 Å². The van der Waals surface area contributed by atoms with Gasteiger partial charge >= 0.3 is 0 Å². The first-order chi connectivity index (χ1) is 11.7. The summed E-state index contributed by atoms with van der Waals surface area (Å²) in [6.45, 7) is 1.04. The van der Waals surface area contributed by atoms with Crippen molar-refractivity contribution in [2.24, 2.45) is 0 Å². The zero-order valence-corrected chi connectivity index (χ0v) is 13.9. The molecule has 4 nitrogen and oxygen atoms in total. The van der Waals surface area contributed by atoms with E-state index in [1.807, 2.05) is 18.3 Å². The highest BCUT2D eigenvalue weighted by Gasteiger charge is 2.21. The lowest BCUT2D eigenvalue weighted by molar-refractivity contribution is 0.594. The van der Waals surface area contributed by atoms with Crippen LogP contribution < -0.4 is 5.32 Å². The fraction of sp³-hybridized carbons (Fsp3) is 0.278. The molecular weight excluding hydrogens is 325 g/mol. The van der Waals surface area contributed by atoms with Crippen molar-refractivity contribution in [2.75, 3.05) is 6.54 Å². The van der Waals surface area contributed by atoms with Crippen LogP contribution in [0.3, 0.4) is 0 Å². The van der Waals surface area contributed by atoms with Gasteiger partial charge in [0.05, 0.1) is 15.9 Å². The summed E-state index contributed by atoms with van der Waals surface area (Å²) in [5.41, 5.74) is 2.66. The summed E-state index contributed by atoms with van der Waals surface area (Å²) in [6.07, 6.45) is 6.76.